The molecule has 0 saturated carbocycles. The number of likely N-dealkylation sites (tertiary alicyclic amines) is 2. The third-order valence-corrected chi connectivity index (χ3v) is 10.1. The Kier molecular flexibility index (Phi) is 9.53. The van der Waals surface area contributed by atoms with Gasteiger partial charge in [-0.1, -0.05) is 74.0 Å². The Morgan fingerprint density at radius 1 is 0.778 bits per heavy atom. The normalized spacial score (nSPS) is 18.6. The maximum atomic E-state index is 14.2. The number of anilines is 1. The summed E-state index contributed by atoms with van der Waals surface area (Å²) in [4.78, 5) is 48.9. The van der Waals surface area contributed by atoms with Crippen LogP contribution in [0.5, 0.6) is 0 Å². The summed E-state index contributed by atoms with van der Waals surface area (Å²) in [6.07, 6.45) is 7.41. The second kappa shape index (κ2) is 13.9. The average Bonchev–Trinajstić information content (AvgIpc) is 3.35. The summed E-state index contributed by atoms with van der Waals surface area (Å²) in [6, 6.07) is 28.6. The van der Waals surface area contributed by atoms with Gasteiger partial charge in [0.2, 0.25) is 5.91 Å². The first-order chi connectivity index (χ1) is 22.0. The van der Waals surface area contributed by atoms with Gasteiger partial charge < -0.3 is 19.6 Å². The monoisotopic (exact) mass is 606 g/mol. The maximum Gasteiger partial charge on any atom is 0.253 e. The molecule has 3 saturated heterocycles. The summed E-state index contributed by atoms with van der Waals surface area (Å²) in [5.74, 6) is 0.632. The third kappa shape index (κ3) is 6.77. The van der Waals surface area contributed by atoms with Crippen molar-refractivity contribution >= 4 is 23.4 Å². The standard InChI is InChI=1S/C38H46N4O3/c1-2-3-10-30-15-17-33(18-16-30)36(44)40-25-21-38(22-26-40)37(45)41(29-42(38)34-13-8-5-9-14-34)28-35(43)39-23-19-32(20-24-39)27-31-11-6-4-7-12-31/h4-9,11-18,32H,2-3,10,19-29H2,1H3. The number of hydrogen-bond acceptors (Lipinski definition) is 4. The SMILES string of the molecule is CCCCc1ccc(C(=O)N2CCC3(CC2)C(=O)N(CC(=O)N2CCC(Cc4ccccc4)CC2)CN3c2ccccc2)cc1. The van der Waals surface area contributed by atoms with E-state index in [1.54, 1.807) is 4.90 Å². The minimum atomic E-state index is -0.759. The quantitative estimate of drug-likeness (QED) is 0.309. The Morgan fingerprint density at radius 2 is 1.42 bits per heavy atom. The largest absolute Gasteiger partial charge is 0.341 e. The van der Waals surface area contributed by atoms with Crippen LogP contribution in [0.15, 0.2) is 84.9 Å². The maximum absolute atomic E-state index is 14.2. The van der Waals surface area contributed by atoms with Gasteiger partial charge in [-0.2, -0.15) is 0 Å². The minimum Gasteiger partial charge on any atom is -0.341 e. The third-order valence-electron chi connectivity index (χ3n) is 10.1. The van der Waals surface area contributed by atoms with Crippen molar-refractivity contribution in [1.82, 2.24) is 14.7 Å². The van der Waals surface area contributed by atoms with Crippen LogP contribution in [0.3, 0.4) is 0 Å². The van der Waals surface area contributed by atoms with E-state index in [1.807, 2.05) is 58.3 Å². The Morgan fingerprint density at radius 3 is 2.07 bits per heavy atom. The van der Waals surface area contributed by atoms with Gasteiger partial charge in [0, 0.05) is 37.4 Å². The number of piperidine rings is 2. The van der Waals surface area contributed by atoms with E-state index in [0.29, 0.717) is 44.1 Å². The molecule has 0 radical (unpaired) electrons. The fraction of sp³-hybridized carbons (Fsp3) is 0.447. The molecule has 0 N–H and O–H groups in total. The molecule has 45 heavy (non-hydrogen) atoms. The Balaban J connectivity index is 1.10. The van der Waals surface area contributed by atoms with E-state index in [0.717, 1.165) is 57.3 Å². The van der Waals surface area contributed by atoms with Crippen LogP contribution in [0.25, 0.3) is 0 Å². The van der Waals surface area contributed by atoms with Gasteiger partial charge in [0.05, 0.1) is 6.67 Å². The van der Waals surface area contributed by atoms with Crippen LogP contribution in [-0.4, -0.2) is 77.4 Å². The molecule has 3 amide bonds. The van der Waals surface area contributed by atoms with Gasteiger partial charge in [-0.05, 0) is 86.3 Å². The molecule has 7 heteroatoms. The first kappa shape index (κ1) is 30.9. The van der Waals surface area contributed by atoms with Crippen molar-refractivity contribution in [2.45, 2.75) is 63.8 Å². The molecule has 3 aliphatic rings. The number of rotatable bonds is 9. The molecule has 0 unspecified atom stereocenters. The zero-order valence-corrected chi connectivity index (χ0v) is 26.6. The molecule has 6 rings (SSSR count). The second-order valence-electron chi connectivity index (χ2n) is 13.0. The number of carbonyl (C=O) groups excluding carboxylic acids is 3. The van der Waals surface area contributed by atoms with Gasteiger partial charge in [-0.3, -0.25) is 14.4 Å². The van der Waals surface area contributed by atoms with Crippen LogP contribution >= 0.6 is 0 Å². The number of unbranched alkanes of at least 4 members (excludes halogenated alkanes) is 1. The van der Waals surface area contributed by atoms with Gasteiger partial charge in [0.25, 0.3) is 11.8 Å². The summed E-state index contributed by atoms with van der Waals surface area (Å²) < 4.78 is 0. The summed E-state index contributed by atoms with van der Waals surface area (Å²) in [5, 5.41) is 0. The lowest BCUT2D eigenvalue weighted by Crippen LogP contribution is -2.57. The van der Waals surface area contributed by atoms with Crippen LogP contribution < -0.4 is 4.90 Å². The lowest BCUT2D eigenvalue weighted by atomic mass is 9.85. The molecule has 0 aromatic heterocycles. The van der Waals surface area contributed by atoms with Crippen molar-refractivity contribution in [2.75, 3.05) is 44.3 Å². The minimum absolute atomic E-state index is 0.00560. The van der Waals surface area contributed by atoms with Crippen LogP contribution in [0.1, 0.15) is 66.9 Å². The van der Waals surface area contributed by atoms with E-state index in [1.165, 1.54) is 11.1 Å². The van der Waals surface area contributed by atoms with E-state index in [9.17, 15) is 14.4 Å². The van der Waals surface area contributed by atoms with Crippen LogP contribution in [0.4, 0.5) is 5.69 Å². The number of carbonyl (C=O) groups is 3. The highest BCUT2D eigenvalue weighted by atomic mass is 16.2. The van der Waals surface area contributed by atoms with Gasteiger partial charge in [0.1, 0.15) is 12.1 Å². The zero-order valence-electron chi connectivity index (χ0n) is 26.6. The highest BCUT2D eigenvalue weighted by molar-refractivity contribution is 5.97. The Bertz CT molecular complexity index is 1440. The highest BCUT2D eigenvalue weighted by Gasteiger charge is 2.54. The molecule has 7 nitrogen and oxygen atoms in total. The molecule has 236 valence electrons. The van der Waals surface area contributed by atoms with Crippen LogP contribution in [0.2, 0.25) is 0 Å². The number of amides is 3. The fourth-order valence-corrected chi connectivity index (χ4v) is 7.38. The summed E-state index contributed by atoms with van der Waals surface area (Å²) >= 11 is 0. The molecule has 3 heterocycles. The van der Waals surface area contributed by atoms with E-state index >= 15 is 0 Å². The number of hydrogen-bond donors (Lipinski definition) is 0. The molecule has 3 fully saturated rings. The molecule has 1 spiro atoms. The van der Waals surface area contributed by atoms with Crippen molar-refractivity contribution in [2.24, 2.45) is 5.92 Å². The van der Waals surface area contributed by atoms with Crippen LogP contribution in [-0.2, 0) is 22.4 Å². The summed E-state index contributed by atoms with van der Waals surface area (Å²) in [5.41, 5.74) is 3.52. The smallest absolute Gasteiger partial charge is 0.253 e. The average molecular weight is 607 g/mol. The number of para-hydroxylation sites is 1. The molecule has 0 aliphatic carbocycles. The molecular formula is C38H46N4O3. The molecule has 3 aliphatic heterocycles. The molecule has 0 atom stereocenters. The molecule has 0 bridgehead atoms. The van der Waals surface area contributed by atoms with Crippen molar-refractivity contribution in [1.29, 1.82) is 0 Å². The topological polar surface area (TPSA) is 64.2 Å². The van der Waals surface area contributed by atoms with Crippen molar-refractivity contribution < 1.29 is 14.4 Å². The molecule has 3 aromatic carbocycles. The Hall–Kier alpha value is -4.13. The van der Waals surface area contributed by atoms with E-state index in [4.69, 9.17) is 0 Å². The second-order valence-corrected chi connectivity index (χ2v) is 13.0. The fourth-order valence-electron chi connectivity index (χ4n) is 7.38. The lowest BCUT2D eigenvalue weighted by Gasteiger charge is -2.43. The van der Waals surface area contributed by atoms with Crippen molar-refractivity contribution in [3.8, 4) is 0 Å². The van der Waals surface area contributed by atoms with Crippen LogP contribution in [0, 0.1) is 5.92 Å². The van der Waals surface area contributed by atoms with Gasteiger partial charge in [0.15, 0.2) is 0 Å². The first-order valence-corrected chi connectivity index (χ1v) is 16.8. The molecular weight excluding hydrogens is 560 g/mol. The van der Waals surface area contributed by atoms with E-state index in [-0.39, 0.29) is 24.3 Å². The first-order valence-electron chi connectivity index (χ1n) is 16.8. The lowest BCUT2D eigenvalue weighted by molar-refractivity contribution is -0.141. The summed E-state index contributed by atoms with van der Waals surface area (Å²) in [6.45, 7) is 5.14. The van der Waals surface area contributed by atoms with Crippen molar-refractivity contribution in [3.63, 3.8) is 0 Å². The number of nitrogens with zero attached hydrogens (tertiary/aromatic N) is 4. The van der Waals surface area contributed by atoms with Crippen molar-refractivity contribution in [3.05, 3.63) is 102 Å². The van der Waals surface area contributed by atoms with E-state index < -0.39 is 5.54 Å². The predicted octanol–water partition coefficient (Wildman–Crippen LogP) is 5.79. The van der Waals surface area contributed by atoms with Gasteiger partial charge in [-0.15, -0.1) is 0 Å². The predicted molar refractivity (Wildman–Crippen MR) is 178 cm³/mol. The summed E-state index contributed by atoms with van der Waals surface area (Å²) in [7, 11) is 0. The zero-order chi connectivity index (χ0) is 31.2. The van der Waals surface area contributed by atoms with Gasteiger partial charge >= 0.3 is 0 Å². The highest BCUT2D eigenvalue weighted by Crippen LogP contribution is 2.40. The Labute approximate surface area is 267 Å². The van der Waals surface area contributed by atoms with Gasteiger partial charge in [-0.25, -0.2) is 0 Å². The number of aryl methyl sites for hydroxylation is 1. The van der Waals surface area contributed by atoms with E-state index in [2.05, 4.69) is 48.2 Å². The number of benzene rings is 3. The molecule has 3 aromatic rings.